The molecular formula is C55H63F2NaO10S4. The van der Waals surface area contributed by atoms with Crippen molar-refractivity contribution in [3.63, 3.8) is 0 Å². The van der Waals surface area contributed by atoms with Gasteiger partial charge in [0.1, 0.15) is 65.2 Å². The summed E-state index contributed by atoms with van der Waals surface area (Å²) in [6, 6.07) is 29.5. The summed E-state index contributed by atoms with van der Waals surface area (Å²) in [6.07, 6.45) is -0.00351. The standard InChI is InChI=1S/C29H33FO4S2.C25H27FO5S2.CH3O.Na/c1-16-13-25(32-5)24(28-29(35-6)27(34-19(4)31)17(2)18(3)33-28)15-21(16)14-23-11-12-26(36-23)20-7-9-22(30)10-8-20;1-13-10-19(30-2)18(24-22(28)21(27)23(29)25(31-24)32-3)12-15(13)11-17-8-9-20(33-17)14-4-6-16(26)7-5-14;1-2;/h7-13,15,17-18,27-29H,14H2,1-6H3;4-10,12,21-25,27-29H,11H2,1-3H3;1H3;/q;;-1;+1/t17-,18-,27+,28?,29-;21-,22-,23+,24?,25-;;/m11../s1. The number of halogens is 2. The number of aryl methyl sites for hydroxylation is 2. The molecule has 10 nitrogen and oxygen atoms in total. The molecule has 0 spiro atoms. The van der Waals surface area contributed by atoms with Crippen molar-refractivity contribution in [2.45, 2.75) is 101 Å². The Hall–Kier alpha value is -3.33. The van der Waals surface area contributed by atoms with E-state index in [-0.39, 0.29) is 76.6 Å². The maximum atomic E-state index is 13.3. The Bertz CT molecular complexity index is 2680. The average Bonchev–Trinajstić information content (AvgIpc) is 4.05. The molecule has 0 radical (unpaired) electrons. The summed E-state index contributed by atoms with van der Waals surface area (Å²) in [7, 11) is 3.98. The molecule has 10 atom stereocenters. The predicted molar refractivity (Wildman–Crippen MR) is 281 cm³/mol. The van der Waals surface area contributed by atoms with E-state index in [9.17, 15) is 28.9 Å². The van der Waals surface area contributed by atoms with Gasteiger partial charge in [-0.1, -0.05) is 31.2 Å². The summed E-state index contributed by atoms with van der Waals surface area (Å²) >= 11 is 6.29. The van der Waals surface area contributed by atoms with Gasteiger partial charge in [0, 0.05) is 56.3 Å². The van der Waals surface area contributed by atoms with Gasteiger partial charge in [-0.05, 0) is 139 Å². The summed E-state index contributed by atoms with van der Waals surface area (Å²) in [4.78, 5) is 16.4. The molecule has 2 aromatic heterocycles. The van der Waals surface area contributed by atoms with Crippen LogP contribution in [0.25, 0.3) is 20.9 Å². The van der Waals surface area contributed by atoms with E-state index in [1.165, 1.54) is 53.4 Å². The van der Waals surface area contributed by atoms with Crippen LogP contribution < -0.4 is 44.1 Å². The second kappa shape index (κ2) is 27.5. The van der Waals surface area contributed by atoms with Gasteiger partial charge in [-0.3, -0.25) is 4.79 Å². The number of rotatable bonds is 13. The van der Waals surface area contributed by atoms with E-state index in [2.05, 4.69) is 44.2 Å². The van der Waals surface area contributed by atoms with Gasteiger partial charge in [0.2, 0.25) is 0 Å². The molecule has 17 heteroatoms. The zero-order valence-corrected chi connectivity index (χ0v) is 47.8. The van der Waals surface area contributed by atoms with Crippen LogP contribution in [0.3, 0.4) is 0 Å². The molecule has 0 bridgehead atoms. The summed E-state index contributed by atoms with van der Waals surface area (Å²) in [6.45, 7) is 9.67. The maximum Gasteiger partial charge on any atom is 1.00 e. The van der Waals surface area contributed by atoms with E-state index < -0.39 is 29.9 Å². The Labute approximate surface area is 460 Å². The zero-order chi connectivity index (χ0) is 51.7. The third-order valence-electron chi connectivity index (χ3n) is 12.9. The third-order valence-corrected chi connectivity index (χ3v) is 17.1. The molecule has 3 N–H and O–H groups in total. The number of aliphatic hydroxyl groups excluding tert-OH is 3. The monoisotopic (exact) mass is 1070 g/mol. The van der Waals surface area contributed by atoms with Gasteiger partial charge in [-0.2, -0.15) is 18.9 Å². The minimum Gasteiger partial charge on any atom is -0.857 e. The van der Waals surface area contributed by atoms with Crippen molar-refractivity contribution in [1.29, 1.82) is 0 Å². The van der Waals surface area contributed by atoms with E-state index in [1.54, 1.807) is 67.0 Å². The first-order chi connectivity index (χ1) is 34.0. The molecule has 6 aromatic rings. The molecule has 4 aromatic carbocycles. The fourth-order valence-corrected chi connectivity index (χ4v) is 12.6. The number of thioether (sulfide) groups is 2. The summed E-state index contributed by atoms with van der Waals surface area (Å²) in [5, 5.41) is 39.4. The molecule has 0 amide bonds. The van der Waals surface area contributed by atoms with E-state index in [4.69, 9.17) is 28.8 Å². The first-order valence-electron chi connectivity index (χ1n) is 23.1. The molecular weight excluding hydrogens is 1010 g/mol. The molecule has 8 rings (SSSR count). The number of hydrogen-bond donors (Lipinski definition) is 3. The fourth-order valence-electron chi connectivity index (χ4n) is 8.87. The normalized spacial score (nSPS) is 23.6. The minimum atomic E-state index is -1.33. The second-order valence-corrected chi connectivity index (χ2v) is 21.8. The smallest absolute Gasteiger partial charge is 0.857 e. The van der Waals surface area contributed by atoms with E-state index in [0.717, 1.165) is 67.3 Å². The van der Waals surface area contributed by atoms with Crippen LogP contribution in [0.5, 0.6) is 11.5 Å². The fraction of sp³-hybridized carbons (Fsp3) is 0.400. The van der Waals surface area contributed by atoms with Crippen molar-refractivity contribution < 1.29 is 87.2 Å². The molecule has 2 fully saturated rings. The van der Waals surface area contributed by atoms with Gasteiger partial charge in [0.05, 0.1) is 25.6 Å². The van der Waals surface area contributed by atoms with Gasteiger partial charge >= 0.3 is 35.5 Å². The number of hydrogen-bond acceptors (Lipinski definition) is 14. The molecule has 2 aliphatic heterocycles. The largest absolute Gasteiger partial charge is 1.00 e. The van der Waals surface area contributed by atoms with Crippen LogP contribution in [-0.2, 0) is 31.8 Å². The molecule has 2 unspecified atom stereocenters. The Morgan fingerprint density at radius 3 is 1.54 bits per heavy atom. The second-order valence-electron chi connectivity index (χ2n) is 17.5. The molecule has 2 aliphatic rings. The van der Waals surface area contributed by atoms with Gasteiger partial charge in [0.25, 0.3) is 0 Å². The SMILES string of the molecule is COc1cc(C)c(Cc2ccc(-c3ccc(F)cc3)s2)cc1C1O[C@H](C)[C@@H](C)[C@H](OC(C)=O)[C@H]1SC.COc1cc(C)c(Cc2ccc(-c3ccc(F)cc3)s2)cc1C1O[C@H](SC)[C@@H](O)[C@H](O)[C@H]1O.C[O-].[Na+]. The zero-order valence-electron chi connectivity index (χ0n) is 42.5. The van der Waals surface area contributed by atoms with Crippen LogP contribution in [0.1, 0.15) is 76.1 Å². The Balaban J connectivity index is 0.000000256. The predicted octanol–water partition coefficient (Wildman–Crippen LogP) is 7.51. The van der Waals surface area contributed by atoms with Crippen molar-refractivity contribution in [3.05, 3.63) is 152 Å². The Kier molecular flexibility index (Phi) is 22.7. The first-order valence-corrected chi connectivity index (χ1v) is 27.3. The number of carbonyl (C=O) groups is 1. The Morgan fingerprint density at radius 2 is 1.12 bits per heavy atom. The topological polar surface area (TPSA) is 147 Å². The average molecular weight is 1070 g/mol. The quantitative estimate of drug-likeness (QED) is 0.0778. The molecule has 2 saturated heterocycles. The molecule has 0 saturated carbocycles. The van der Waals surface area contributed by atoms with Gasteiger partial charge in [0.15, 0.2) is 0 Å². The maximum absolute atomic E-state index is 13.3. The van der Waals surface area contributed by atoms with Gasteiger partial charge < -0.3 is 44.1 Å². The van der Waals surface area contributed by atoms with Crippen LogP contribution >= 0.6 is 46.2 Å². The third kappa shape index (κ3) is 14.1. The van der Waals surface area contributed by atoms with Crippen molar-refractivity contribution in [1.82, 2.24) is 0 Å². The van der Waals surface area contributed by atoms with Crippen LogP contribution in [0.4, 0.5) is 8.78 Å². The van der Waals surface area contributed by atoms with Gasteiger partial charge in [-0.25, -0.2) is 8.78 Å². The van der Waals surface area contributed by atoms with E-state index in [1.807, 2.05) is 50.4 Å². The summed E-state index contributed by atoms with van der Waals surface area (Å²) in [5.41, 5.74) is 7.31. The molecule has 72 heavy (non-hydrogen) atoms. The molecule has 382 valence electrons. The first kappa shape index (κ1) is 59.5. The number of methoxy groups -OCH3 is 2. The van der Waals surface area contributed by atoms with Crippen LogP contribution in [-0.4, -0.2) is 96.3 Å². The molecule has 4 heterocycles. The van der Waals surface area contributed by atoms with Gasteiger partial charge in [-0.15, -0.1) is 34.4 Å². The number of aliphatic hydroxyl groups is 3. The van der Waals surface area contributed by atoms with E-state index in [0.29, 0.717) is 17.7 Å². The van der Waals surface area contributed by atoms with Crippen molar-refractivity contribution in [2.24, 2.45) is 5.92 Å². The minimum absolute atomic E-state index is 0. The van der Waals surface area contributed by atoms with Crippen LogP contribution in [0, 0.1) is 31.4 Å². The molecule has 0 aliphatic carbocycles. The van der Waals surface area contributed by atoms with Crippen molar-refractivity contribution in [2.75, 3.05) is 33.8 Å². The number of thiophene rings is 2. The number of benzene rings is 4. The van der Waals surface area contributed by atoms with Crippen molar-refractivity contribution >= 4 is 52.2 Å². The van der Waals surface area contributed by atoms with E-state index >= 15 is 0 Å². The van der Waals surface area contributed by atoms with Crippen LogP contribution in [0.2, 0.25) is 0 Å². The number of carbonyl (C=O) groups excluding carboxylic acids is 1. The number of esters is 1. The number of ether oxygens (including phenoxy) is 5. The summed E-state index contributed by atoms with van der Waals surface area (Å²) in [5.74, 6) is 0.652. The van der Waals surface area contributed by atoms with Crippen molar-refractivity contribution in [3.8, 4) is 32.4 Å². The van der Waals surface area contributed by atoms with Crippen LogP contribution in [0.15, 0.2) is 97.1 Å². The Morgan fingerprint density at radius 1 is 0.667 bits per heavy atom. The summed E-state index contributed by atoms with van der Waals surface area (Å²) < 4.78 is 56.3.